The molecule has 1 aromatic heterocycles. The number of nitriles is 1. The summed E-state index contributed by atoms with van der Waals surface area (Å²) in [6.45, 7) is 19.1. The van der Waals surface area contributed by atoms with Crippen LogP contribution in [0.15, 0.2) is 101 Å². The number of rotatable bonds is 19. The van der Waals surface area contributed by atoms with Crippen LogP contribution in [0.25, 0.3) is 0 Å². The van der Waals surface area contributed by atoms with Crippen molar-refractivity contribution >= 4 is 16.8 Å². The molecule has 0 radical (unpaired) electrons. The van der Waals surface area contributed by atoms with Crippen LogP contribution < -0.4 is 20.7 Å². The van der Waals surface area contributed by atoms with E-state index in [1.165, 1.54) is 16.8 Å². The van der Waals surface area contributed by atoms with Gasteiger partial charge < -0.3 is 32.4 Å². The molecule has 0 bridgehead atoms. The SMILES string of the molecule is COc1ccc(C(OC[C@H]2O[C@@H](n3ccc(=O)[nH]c3=O)[C@H](O[Si](C)(C)C(C)(C)C)[C@@H]2O[P@@](OCCC#N)N(C(C)C)C(C)C)(c2ccccc2)c2ccc(OC)cc2)cc1. The molecule has 5 atom stereocenters. The van der Waals surface area contributed by atoms with Crippen molar-refractivity contribution in [3.05, 3.63) is 129 Å². The summed E-state index contributed by atoms with van der Waals surface area (Å²) in [5, 5.41) is 9.26. The van der Waals surface area contributed by atoms with Gasteiger partial charge in [0.1, 0.15) is 35.4 Å². The summed E-state index contributed by atoms with van der Waals surface area (Å²) in [7, 11) is -1.20. The molecule has 0 saturated carbocycles. The molecule has 0 amide bonds. The zero-order chi connectivity index (χ0) is 43.8. The summed E-state index contributed by atoms with van der Waals surface area (Å²) in [4.78, 5) is 28.4. The Morgan fingerprint density at radius 2 is 1.40 bits per heavy atom. The lowest BCUT2D eigenvalue weighted by Gasteiger charge is -2.42. The van der Waals surface area contributed by atoms with Crippen molar-refractivity contribution in [1.82, 2.24) is 14.2 Å². The summed E-state index contributed by atoms with van der Waals surface area (Å²) in [6.07, 6.45) is -2.01. The summed E-state index contributed by atoms with van der Waals surface area (Å²) in [5.74, 6) is 1.37. The summed E-state index contributed by atoms with van der Waals surface area (Å²) >= 11 is 0. The highest BCUT2D eigenvalue weighted by atomic mass is 31.2. The fourth-order valence-corrected chi connectivity index (χ4v) is 10.2. The Morgan fingerprint density at radius 3 is 1.88 bits per heavy atom. The van der Waals surface area contributed by atoms with Crippen molar-refractivity contribution in [3.63, 3.8) is 0 Å². The molecule has 0 spiro atoms. The third-order valence-electron chi connectivity index (χ3n) is 11.2. The van der Waals surface area contributed by atoms with E-state index in [4.69, 9.17) is 32.4 Å². The standard InChI is InChI=1S/C45H61N4O9PSi/c1-31(2)49(32(3)4)59(55-29-15-27-46)57-40-38(56-42(48-28-26-39(50)47-43(48)51)41(40)58-60(10,11)44(5,6)7)30-54-45(33-16-13-12-14-17-33,34-18-22-36(52-8)23-19-34)35-20-24-37(53-9)25-21-35/h12-14,16-26,28,31-32,38,40-42H,15,29-30H2,1-11H3,(H,47,50,51)/t38-,40-,41-,42-,59-/m1/s1. The molecule has 1 fully saturated rings. The van der Waals surface area contributed by atoms with Crippen molar-refractivity contribution in [2.45, 2.75) is 115 Å². The molecular weight excluding hydrogens is 800 g/mol. The number of hydrogen-bond donors (Lipinski definition) is 1. The van der Waals surface area contributed by atoms with Crippen molar-refractivity contribution in [1.29, 1.82) is 5.26 Å². The second-order valence-corrected chi connectivity index (χ2v) is 23.0. The van der Waals surface area contributed by atoms with Crippen molar-refractivity contribution in [2.75, 3.05) is 27.4 Å². The van der Waals surface area contributed by atoms with Crippen LogP contribution in [-0.4, -0.2) is 80.4 Å². The van der Waals surface area contributed by atoms with E-state index < -0.39 is 58.2 Å². The molecule has 60 heavy (non-hydrogen) atoms. The predicted molar refractivity (Wildman–Crippen MR) is 236 cm³/mol. The van der Waals surface area contributed by atoms with Gasteiger partial charge in [0.25, 0.3) is 14.1 Å². The Kier molecular flexibility index (Phi) is 15.7. The third kappa shape index (κ3) is 10.5. The van der Waals surface area contributed by atoms with Gasteiger partial charge >= 0.3 is 5.69 Å². The van der Waals surface area contributed by atoms with E-state index in [1.54, 1.807) is 14.2 Å². The Morgan fingerprint density at radius 1 is 0.850 bits per heavy atom. The molecular formula is C45H61N4O9PSi. The van der Waals surface area contributed by atoms with Crippen LogP contribution in [-0.2, 0) is 28.5 Å². The molecule has 13 nitrogen and oxygen atoms in total. The summed E-state index contributed by atoms with van der Waals surface area (Å²) in [5.41, 5.74) is 0.119. The fourth-order valence-electron chi connectivity index (χ4n) is 7.14. The minimum absolute atomic E-state index is 0.00321. The average molecular weight is 861 g/mol. The first-order chi connectivity index (χ1) is 28.5. The van der Waals surface area contributed by atoms with Gasteiger partial charge in [-0.15, -0.1) is 0 Å². The van der Waals surface area contributed by atoms with E-state index in [0.717, 1.165) is 16.7 Å². The smallest absolute Gasteiger partial charge is 0.330 e. The van der Waals surface area contributed by atoms with E-state index >= 15 is 0 Å². The van der Waals surface area contributed by atoms with Crippen molar-refractivity contribution < 1.29 is 32.4 Å². The van der Waals surface area contributed by atoms with E-state index in [1.807, 2.05) is 78.9 Å². The molecule has 1 aliphatic heterocycles. The molecule has 2 heterocycles. The Balaban J connectivity index is 1.73. The molecule has 5 rings (SSSR count). The number of H-pyrrole nitrogens is 1. The van der Waals surface area contributed by atoms with Crippen LogP contribution in [0.1, 0.15) is 77.8 Å². The quantitative estimate of drug-likeness (QED) is 0.0419. The minimum Gasteiger partial charge on any atom is -0.497 e. The van der Waals surface area contributed by atoms with Gasteiger partial charge in [0.2, 0.25) is 0 Å². The van der Waals surface area contributed by atoms with Crippen LogP contribution in [0, 0.1) is 11.3 Å². The van der Waals surface area contributed by atoms with Crippen LogP contribution in [0.2, 0.25) is 18.1 Å². The van der Waals surface area contributed by atoms with Gasteiger partial charge in [0.15, 0.2) is 14.5 Å². The van der Waals surface area contributed by atoms with Crippen molar-refractivity contribution in [2.24, 2.45) is 0 Å². The van der Waals surface area contributed by atoms with Crippen LogP contribution in [0.5, 0.6) is 11.5 Å². The molecule has 1 N–H and O–H groups in total. The second kappa shape index (κ2) is 20.1. The molecule has 324 valence electrons. The van der Waals surface area contributed by atoms with Crippen LogP contribution in [0.4, 0.5) is 0 Å². The van der Waals surface area contributed by atoms with Crippen LogP contribution >= 0.6 is 8.53 Å². The number of ether oxygens (including phenoxy) is 4. The Hall–Kier alpha value is -4.16. The first-order valence-corrected chi connectivity index (χ1v) is 24.4. The number of nitrogens with zero attached hydrogens (tertiary/aromatic N) is 3. The number of methoxy groups -OCH3 is 2. The lowest BCUT2D eigenvalue weighted by molar-refractivity contribution is -0.0943. The lowest BCUT2D eigenvalue weighted by Crippen LogP contribution is -2.50. The highest BCUT2D eigenvalue weighted by molar-refractivity contribution is 7.44. The zero-order valence-corrected chi connectivity index (χ0v) is 38.6. The topological polar surface area (TPSA) is 147 Å². The number of aromatic amines is 1. The average Bonchev–Trinajstić information content (AvgIpc) is 3.53. The maximum absolute atomic E-state index is 13.6. The second-order valence-electron chi connectivity index (χ2n) is 16.9. The van der Waals surface area contributed by atoms with E-state index in [0.29, 0.717) is 11.5 Å². The van der Waals surface area contributed by atoms with E-state index in [2.05, 4.69) is 77.3 Å². The van der Waals surface area contributed by atoms with E-state index in [9.17, 15) is 14.9 Å². The fraction of sp³-hybridized carbons (Fsp3) is 0.489. The van der Waals surface area contributed by atoms with Crippen LogP contribution in [0.3, 0.4) is 0 Å². The van der Waals surface area contributed by atoms with Crippen molar-refractivity contribution in [3.8, 4) is 17.6 Å². The van der Waals surface area contributed by atoms with Gasteiger partial charge in [0, 0.05) is 24.3 Å². The molecule has 0 aliphatic carbocycles. The normalized spacial score (nSPS) is 19.1. The zero-order valence-electron chi connectivity index (χ0n) is 36.7. The highest BCUT2D eigenvalue weighted by Crippen LogP contribution is 2.52. The maximum atomic E-state index is 13.6. The molecule has 4 aromatic rings. The van der Waals surface area contributed by atoms with Gasteiger partial charge in [-0.2, -0.15) is 5.26 Å². The maximum Gasteiger partial charge on any atom is 0.330 e. The first kappa shape index (κ1) is 46.9. The van der Waals surface area contributed by atoms with Gasteiger partial charge in [-0.3, -0.25) is 14.3 Å². The monoisotopic (exact) mass is 860 g/mol. The number of benzene rings is 3. The number of hydrogen-bond acceptors (Lipinski definition) is 11. The van der Waals surface area contributed by atoms with Gasteiger partial charge in [0.05, 0.1) is 39.9 Å². The van der Waals surface area contributed by atoms with Gasteiger partial charge in [-0.1, -0.05) is 75.4 Å². The molecule has 1 saturated heterocycles. The minimum atomic E-state index is -2.64. The van der Waals surface area contributed by atoms with Gasteiger partial charge in [-0.05, 0) is 86.8 Å². The Labute approximate surface area is 356 Å². The largest absolute Gasteiger partial charge is 0.497 e. The Bertz CT molecular complexity index is 2080. The first-order valence-electron chi connectivity index (χ1n) is 20.4. The van der Waals surface area contributed by atoms with E-state index in [-0.39, 0.29) is 36.8 Å². The molecule has 0 unspecified atom stereocenters. The van der Waals surface area contributed by atoms with Gasteiger partial charge in [-0.25, -0.2) is 9.46 Å². The summed E-state index contributed by atoms with van der Waals surface area (Å²) < 4.78 is 50.0. The highest BCUT2D eigenvalue weighted by Gasteiger charge is 2.54. The summed E-state index contributed by atoms with van der Waals surface area (Å²) in [6, 6.07) is 29.0. The predicted octanol–water partition coefficient (Wildman–Crippen LogP) is 8.51. The molecule has 3 aromatic carbocycles. The number of nitrogens with one attached hydrogen (secondary N) is 1. The number of aromatic nitrogens is 2. The molecule has 1 aliphatic rings. The molecule has 15 heteroatoms. The lowest BCUT2D eigenvalue weighted by atomic mass is 9.80. The third-order valence-corrected chi connectivity index (χ3v) is 17.8.